The molecule has 2 aromatic heterocycles. The molecule has 0 saturated heterocycles. The van der Waals surface area contributed by atoms with Crippen LogP contribution in [0.3, 0.4) is 0 Å². The second-order valence-electron chi connectivity index (χ2n) is 5.19. The summed E-state index contributed by atoms with van der Waals surface area (Å²) in [6, 6.07) is 6.17. The van der Waals surface area contributed by atoms with E-state index in [4.69, 9.17) is 0 Å². The largest absolute Gasteiger partial charge is 0.264 e. The van der Waals surface area contributed by atoms with Crippen LogP contribution in [0.5, 0.6) is 0 Å². The molecule has 4 heteroatoms. The van der Waals surface area contributed by atoms with Crippen molar-refractivity contribution < 1.29 is 0 Å². The highest BCUT2D eigenvalue weighted by Gasteiger charge is 2.23. The van der Waals surface area contributed by atoms with Crippen LogP contribution in [-0.4, -0.2) is 11.2 Å². The molecule has 3 nitrogen and oxygen atoms in total. The Bertz CT molecular complexity index is 680. The Labute approximate surface area is 122 Å². The number of hydrogen-bond acceptors (Lipinski definition) is 4. The summed E-state index contributed by atoms with van der Waals surface area (Å²) in [4.78, 5) is 9.92. The Morgan fingerprint density at radius 3 is 3.20 bits per heavy atom. The Balaban J connectivity index is 1.95. The van der Waals surface area contributed by atoms with Gasteiger partial charge in [0.1, 0.15) is 11.1 Å². The maximum atomic E-state index is 9.40. The van der Waals surface area contributed by atoms with E-state index >= 15 is 0 Å². The lowest BCUT2D eigenvalue weighted by Gasteiger charge is -2.17. The number of pyridine rings is 1. The third-order valence-corrected chi connectivity index (χ3v) is 4.78. The third-order valence-electron chi connectivity index (χ3n) is 3.62. The van der Waals surface area contributed by atoms with Crippen molar-refractivity contribution in [3.05, 3.63) is 46.1 Å². The van der Waals surface area contributed by atoms with Crippen LogP contribution >= 0.6 is 11.3 Å². The van der Waals surface area contributed by atoms with E-state index in [2.05, 4.69) is 23.0 Å². The molecule has 0 bridgehead atoms. The van der Waals surface area contributed by atoms with Gasteiger partial charge < -0.3 is 0 Å². The molecule has 0 aromatic carbocycles. The van der Waals surface area contributed by atoms with Crippen molar-refractivity contribution in [2.75, 3.05) is 0 Å². The first kappa shape index (κ1) is 13.0. The number of aromatic nitrogens is 1. The van der Waals surface area contributed by atoms with Gasteiger partial charge in [-0.3, -0.25) is 4.98 Å². The van der Waals surface area contributed by atoms with Gasteiger partial charge >= 0.3 is 0 Å². The molecule has 1 aliphatic carbocycles. The van der Waals surface area contributed by atoms with Gasteiger partial charge in [0.05, 0.1) is 5.56 Å². The molecule has 0 radical (unpaired) electrons. The highest BCUT2D eigenvalue weighted by molar-refractivity contribution is 7.16. The zero-order valence-corrected chi connectivity index (χ0v) is 12.2. The fourth-order valence-electron chi connectivity index (χ4n) is 2.53. The summed E-state index contributed by atoms with van der Waals surface area (Å²) in [7, 11) is 0. The summed E-state index contributed by atoms with van der Waals surface area (Å²) in [5, 5.41) is 10.2. The van der Waals surface area contributed by atoms with Gasteiger partial charge in [-0.2, -0.15) is 5.26 Å². The van der Waals surface area contributed by atoms with Crippen LogP contribution in [0, 0.1) is 17.2 Å². The lowest BCUT2D eigenvalue weighted by atomic mass is 9.89. The molecule has 0 spiro atoms. The lowest BCUT2D eigenvalue weighted by molar-refractivity contribution is 0.507. The molecule has 0 amide bonds. The molecule has 2 heterocycles. The smallest absolute Gasteiger partial charge is 0.134 e. The first-order valence-electron chi connectivity index (χ1n) is 6.76. The van der Waals surface area contributed by atoms with Gasteiger partial charge in [-0.1, -0.05) is 13.0 Å². The molecule has 1 atom stereocenters. The predicted octanol–water partition coefficient (Wildman–Crippen LogP) is 3.89. The summed E-state index contributed by atoms with van der Waals surface area (Å²) >= 11 is 1.67. The molecule has 0 saturated carbocycles. The summed E-state index contributed by atoms with van der Waals surface area (Å²) < 4.78 is 0. The molecule has 0 fully saturated rings. The lowest BCUT2D eigenvalue weighted by Crippen LogP contribution is -2.09. The molecule has 20 heavy (non-hydrogen) atoms. The second-order valence-corrected chi connectivity index (χ2v) is 6.27. The monoisotopic (exact) mass is 281 g/mol. The summed E-state index contributed by atoms with van der Waals surface area (Å²) in [6.45, 7) is 2.27. The first-order chi connectivity index (χ1) is 9.78. The van der Waals surface area contributed by atoms with Crippen molar-refractivity contribution in [2.45, 2.75) is 26.2 Å². The predicted molar refractivity (Wildman–Crippen MR) is 81.7 cm³/mol. The fourth-order valence-corrected chi connectivity index (χ4v) is 3.83. The van der Waals surface area contributed by atoms with Crippen LogP contribution in [0.1, 0.15) is 34.9 Å². The van der Waals surface area contributed by atoms with Crippen LogP contribution in [0.25, 0.3) is 0 Å². The van der Waals surface area contributed by atoms with Crippen LogP contribution in [0.15, 0.2) is 29.5 Å². The van der Waals surface area contributed by atoms with E-state index in [1.54, 1.807) is 29.9 Å². The molecular formula is C16H15N3S. The van der Waals surface area contributed by atoms with E-state index in [1.807, 2.05) is 12.1 Å². The first-order valence-corrected chi connectivity index (χ1v) is 7.58. The number of nitriles is 1. The van der Waals surface area contributed by atoms with Crippen molar-refractivity contribution in [1.29, 1.82) is 5.26 Å². The summed E-state index contributed by atoms with van der Waals surface area (Å²) in [5.41, 5.74) is 2.96. The number of aliphatic imine (C=N–C) groups is 1. The Morgan fingerprint density at radius 1 is 1.55 bits per heavy atom. The van der Waals surface area contributed by atoms with Crippen molar-refractivity contribution in [3.63, 3.8) is 0 Å². The topological polar surface area (TPSA) is 49.0 Å². The summed E-state index contributed by atoms with van der Waals surface area (Å²) in [6.07, 6.45) is 8.56. The Hall–Kier alpha value is -1.99. The van der Waals surface area contributed by atoms with Crippen molar-refractivity contribution in [3.8, 4) is 6.07 Å². The van der Waals surface area contributed by atoms with Gasteiger partial charge in [-0.15, -0.1) is 11.3 Å². The quantitative estimate of drug-likeness (QED) is 0.784. The average Bonchev–Trinajstić information content (AvgIpc) is 2.82. The number of fused-ring (bicyclic) bond motifs is 1. The Morgan fingerprint density at radius 2 is 2.45 bits per heavy atom. The van der Waals surface area contributed by atoms with Gasteiger partial charge in [-0.05, 0) is 36.8 Å². The van der Waals surface area contributed by atoms with Crippen LogP contribution in [0.4, 0.5) is 5.00 Å². The molecule has 0 unspecified atom stereocenters. The van der Waals surface area contributed by atoms with Crippen LogP contribution in [-0.2, 0) is 12.8 Å². The summed E-state index contributed by atoms with van der Waals surface area (Å²) in [5.74, 6) is 0.711. The van der Waals surface area contributed by atoms with E-state index in [0.717, 1.165) is 29.0 Å². The van der Waals surface area contributed by atoms with Crippen molar-refractivity contribution in [2.24, 2.45) is 10.9 Å². The van der Waals surface area contributed by atoms with E-state index in [0.29, 0.717) is 5.92 Å². The molecule has 100 valence electrons. The van der Waals surface area contributed by atoms with Crippen LogP contribution in [0.2, 0.25) is 0 Å². The molecule has 0 aliphatic heterocycles. The maximum absolute atomic E-state index is 9.40. The second kappa shape index (κ2) is 5.56. The maximum Gasteiger partial charge on any atom is 0.134 e. The number of nitrogens with zero attached hydrogens (tertiary/aromatic N) is 3. The van der Waals surface area contributed by atoms with Gasteiger partial charge in [0.2, 0.25) is 0 Å². The van der Waals surface area contributed by atoms with Gasteiger partial charge in [0, 0.05) is 29.0 Å². The number of thiophene rings is 1. The zero-order chi connectivity index (χ0) is 13.9. The van der Waals surface area contributed by atoms with Crippen molar-refractivity contribution >= 4 is 22.6 Å². The van der Waals surface area contributed by atoms with E-state index < -0.39 is 0 Å². The molecule has 0 N–H and O–H groups in total. The zero-order valence-electron chi connectivity index (χ0n) is 11.3. The Kier molecular flexibility index (Phi) is 3.62. The minimum atomic E-state index is 0.711. The van der Waals surface area contributed by atoms with E-state index in [9.17, 15) is 5.26 Å². The molecule has 2 aromatic rings. The highest BCUT2D eigenvalue weighted by atomic mass is 32.1. The minimum absolute atomic E-state index is 0.711. The number of rotatable bonds is 2. The fraction of sp³-hybridized carbons (Fsp3) is 0.312. The average molecular weight is 281 g/mol. The SMILES string of the molecule is C[C@@H]1CCc2c(sc(N=Cc3cccnc3)c2C#N)C1. The highest BCUT2D eigenvalue weighted by Crippen LogP contribution is 2.40. The van der Waals surface area contributed by atoms with Crippen LogP contribution < -0.4 is 0 Å². The van der Waals surface area contributed by atoms with Gasteiger partial charge in [0.15, 0.2) is 0 Å². The van der Waals surface area contributed by atoms with Gasteiger partial charge in [0.25, 0.3) is 0 Å². The van der Waals surface area contributed by atoms with E-state index in [-0.39, 0.29) is 0 Å². The standard InChI is InChI=1S/C16H15N3S/c1-11-4-5-13-14(8-17)16(20-15(13)7-11)19-10-12-3-2-6-18-9-12/h2-3,6,9-11H,4-5,7H2,1H3/t11-/m1/s1. The van der Waals surface area contributed by atoms with Gasteiger partial charge in [-0.25, -0.2) is 4.99 Å². The molecular weight excluding hydrogens is 266 g/mol. The normalized spacial score (nSPS) is 17.9. The van der Waals surface area contributed by atoms with Crippen molar-refractivity contribution in [1.82, 2.24) is 4.98 Å². The molecule has 1 aliphatic rings. The minimum Gasteiger partial charge on any atom is -0.264 e. The van der Waals surface area contributed by atoms with E-state index in [1.165, 1.54) is 16.9 Å². The number of hydrogen-bond donors (Lipinski definition) is 0. The molecule has 3 rings (SSSR count). The third kappa shape index (κ3) is 2.50.